The van der Waals surface area contributed by atoms with Crippen LogP contribution >= 0.6 is 27.3 Å². The van der Waals surface area contributed by atoms with Gasteiger partial charge in [-0.25, -0.2) is 4.79 Å². The number of likely N-dealkylation sites (tertiary alicyclic amines) is 1. The molecule has 0 N–H and O–H groups in total. The molecular weight excluding hydrogens is 354 g/mol. The van der Waals surface area contributed by atoms with E-state index in [2.05, 4.69) is 22.0 Å². The van der Waals surface area contributed by atoms with Gasteiger partial charge in [0.15, 0.2) is 0 Å². The SMILES string of the molecule is COC(=O)[C@H]1CCCCN1C(=O)CCCc1ccc(Br)s1. The molecule has 0 radical (unpaired) electrons. The molecule has 6 heteroatoms. The van der Waals surface area contributed by atoms with Gasteiger partial charge in [0, 0.05) is 17.8 Å². The van der Waals surface area contributed by atoms with Crippen molar-refractivity contribution in [2.24, 2.45) is 0 Å². The normalized spacial score (nSPS) is 18.6. The van der Waals surface area contributed by atoms with E-state index in [1.807, 2.05) is 6.07 Å². The van der Waals surface area contributed by atoms with E-state index < -0.39 is 0 Å². The summed E-state index contributed by atoms with van der Waals surface area (Å²) in [5, 5.41) is 0. The Bertz CT molecular complexity index is 503. The molecule has 0 spiro atoms. The molecule has 1 atom stereocenters. The van der Waals surface area contributed by atoms with Crippen molar-refractivity contribution in [3.8, 4) is 0 Å². The Hall–Kier alpha value is -0.880. The Labute approximate surface area is 137 Å². The molecule has 0 aliphatic carbocycles. The molecule has 1 aromatic heterocycles. The van der Waals surface area contributed by atoms with Crippen LogP contribution in [0.2, 0.25) is 0 Å². The number of halogens is 1. The topological polar surface area (TPSA) is 46.6 Å². The molecule has 1 amide bonds. The molecule has 1 aliphatic heterocycles. The van der Waals surface area contributed by atoms with Gasteiger partial charge in [-0.15, -0.1) is 11.3 Å². The van der Waals surface area contributed by atoms with Crippen molar-refractivity contribution < 1.29 is 14.3 Å². The van der Waals surface area contributed by atoms with Crippen LogP contribution < -0.4 is 0 Å². The highest BCUT2D eigenvalue weighted by molar-refractivity contribution is 9.11. The van der Waals surface area contributed by atoms with Gasteiger partial charge in [0.1, 0.15) is 6.04 Å². The molecular formula is C15H20BrNO3S. The summed E-state index contributed by atoms with van der Waals surface area (Å²) in [6.45, 7) is 0.670. The first kappa shape index (κ1) is 16.5. The van der Waals surface area contributed by atoms with Crippen LogP contribution in [0.4, 0.5) is 0 Å². The lowest BCUT2D eigenvalue weighted by Gasteiger charge is -2.33. The summed E-state index contributed by atoms with van der Waals surface area (Å²) in [5.41, 5.74) is 0. The van der Waals surface area contributed by atoms with Crippen molar-refractivity contribution in [3.63, 3.8) is 0 Å². The molecule has 0 saturated carbocycles. The maximum atomic E-state index is 12.3. The second-order valence-corrected chi connectivity index (χ2v) is 7.73. The van der Waals surface area contributed by atoms with Crippen LogP contribution in [0.25, 0.3) is 0 Å². The maximum Gasteiger partial charge on any atom is 0.328 e. The number of hydrogen-bond donors (Lipinski definition) is 0. The molecule has 1 aromatic rings. The average Bonchev–Trinajstić information content (AvgIpc) is 2.91. The molecule has 0 unspecified atom stereocenters. The molecule has 2 rings (SSSR count). The van der Waals surface area contributed by atoms with E-state index >= 15 is 0 Å². The van der Waals surface area contributed by atoms with Gasteiger partial charge in [-0.2, -0.15) is 0 Å². The number of ether oxygens (including phenoxy) is 1. The highest BCUT2D eigenvalue weighted by Crippen LogP contribution is 2.24. The Balaban J connectivity index is 1.84. The molecule has 21 heavy (non-hydrogen) atoms. The van der Waals surface area contributed by atoms with Crippen LogP contribution in [0.5, 0.6) is 0 Å². The first-order valence-corrected chi connectivity index (χ1v) is 8.84. The zero-order chi connectivity index (χ0) is 15.2. The van der Waals surface area contributed by atoms with Crippen LogP contribution in [0, 0.1) is 0 Å². The molecule has 0 bridgehead atoms. The summed E-state index contributed by atoms with van der Waals surface area (Å²) < 4.78 is 5.93. The third-order valence-electron chi connectivity index (χ3n) is 3.74. The van der Waals surface area contributed by atoms with E-state index in [1.165, 1.54) is 12.0 Å². The number of thiophene rings is 1. The molecule has 4 nitrogen and oxygen atoms in total. The molecule has 116 valence electrons. The smallest absolute Gasteiger partial charge is 0.328 e. The van der Waals surface area contributed by atoms with E-state index in [0.29, 0.717) is 13.0 Å². The van der Waals surface area contributed by atoms with Gasteiger partial charge in [-0.3, -0.25) is 4.79 Å². The molecule has 1 aliphatic rings. The number of rotatable bonds is 5. The third-order valence-corrected chi connectivity index (χ3v) is 5.42. The zero-order valence-corrected chi connectivity index (χ0v) is 14.5. The lowest BCUT2D eigenvalue weighted by atomic mass is 10.0. The summed E-state index contributed by atoms with van der Waals surface area (Å²) >= 11 is 5.14. The number of carbonyl (C=O) groups excluding carboxylic acids is 2. The van der Waals surface area contributed by atoms with Gasteiger partial charge in [-0.05, 0) is 60.2 Å². The minimum Gasteiger partial charge on any atom is -0.467 e. The van der Waals surface area contributed by atoms with Gasteiger partial charge < -0.3 is 9.64 Å². The second-order valence-electron chi connectivity index (χ2n) is 5.18. The lowest BCUT2D eigenvalue weighted by molar-refractivity contribution is -0.154. The summed E-state index contributed by atoms with van der Waals surface area (Å²) in [6, 6.07) is 3.73. The van der Waals surface area contributed by atoms with Crippen molar-refractivity contribution in [1.82, 2.24) is 4.90 Å². The Morgan fingerprint density at radius 3 is 2.90 bits per heavy atom. The number of piperidine rings is 1. The van der Waals surface area contributed by atoms with Gasteiger partial charge in [-0.1, -0.05) is 0 Å². The molecule has 0 aromatic carbocycles. The van der Waals surface area contributed by atoms with E-state index in [-0.39, 0.29) is 17.9 Å². The van der Waals surface area contributed by atoms with Gasteiger partial charge in [0.2, 0.25) is 5.91 Å². The van der Waals surface area contributed by atoms with Crippen molar-refractivity contribution in [2.75, 3.05) is 13.7 Å². The van der Waals surface area contributed by atoms with E-state index in [0.717, 1.165) is 35.9 Å². The van der Waals surface area contributed by atoms with Gasteiger partial charge >= 0.3 is 5.97 Å². The monoisotopic (exact) mass is 373 g/mol. The predicted molar refractivity (Wildman–Crippen MR) is 86.3 cm³/mol. The van der Waals surface area contributed by atoms with Crippen LogP contribution in [0.15, 0.2) is 15.9 Å². The number of aryl methyl sites for hydroxylation is 1. The second kappa shape index (κ2) is 7.94. The first-order chi connectivity index (χ1) is 10.1. The summed E-state index contributed by atoms with van der Waals surface area (Å²) in [6.07, 6.45) is 4.87. The molecule has 1 fully saturated rings. The van der Waals surface area contributed by atoms with Crippen molar-refractivity contribution >= 4 is 39.1 Å². The van der Waals surface area contributed by atoms with Crippen LogP contribution in [-0.2, 0) is 20.7 Å². The van der Waals surface area contributed by atoms with Crippen molar-refractivity contribution in [3.05, 3.63) is 20.8 Å². The van der Waals surface area contributed by atoms with Crippen molar-refractivity contribution in [2.45, 2.75) is 44.6 Å². The minimum atomic E-state index is -0.382. The Morgan fingerprint density at radius 2 is 2.24 bits per heavy atom. The van der Waals surface area contributed by atoms with Gasteiger partial charge in [0.05, 0.1) is 10.9 Å². The highest BCUT2D eigenvalue weighted by atomic mass is 79.9. The van der Waals surface area contributed by atoms with Crippen LogP contribution in [0.1, 0.15) is 37.0 Å². The van der Waals surface area contributed by atoms with E-state index in [4.69, 9.17) is 4.74 Å². The molecule has 1 saturated heterocycles. The number of methoxy groups -OCH3 is 1. The number of nitrogens with zero attached hydrogens (tertiary/aromatic N) is 1. The summed E-state index contributed by atoms with van der Waals surface area (Å²) in [7, 11) is 1.38. The fourth-order valence-corrected chi connectivity index (χ4v) is 4.18. The minimum absolute atomic E-state index is 0.0701. The van der Waals surface area contributed by atoms with E-state index in [1.54, 1.807) is 16.2 Å². The van der Waals surface area contributed by atoms with E-state index in [9.17, 15) is 9.59 Å². The first-order valence-electron chi connectivity index (χ1n) is 7.23. The van der Waals surface area contributed by atoms with Crippen molar-refractivity contribution in [1.29, 1.82) is 0 Å². The standard InChI is InChI=1S/C15H20BrNO3S/c1-20-15(19)12-6-2-3-10-17(12)14(18)7-4-5-11-8-9-13(16)21-11/h8-9,12H,2-7,10H2,1H3/t12-/m1/s1. The number of esters is 1. The quantitative estimate of drug-likeness (QED) is 0.743. The predicted octanol–water partition coefficient (Wildman–Crippen LogP) is 3.39. The fraction of sp³-hybridized carbons (Fsp3) is 0.600. The average molecular weight is 374 g/mol. The number of carbonyl (C=O) groups is 2. The summed E-state index contributed by atoms with van der Waals surface area (Å²) in [4.78, 5) is 27.1. The number of amides is 1. The lowest BCUT2D eigenvalue weighted by Crippen LogP contribution is -2.48. The molecule has 2 heterocycles. The fourth-order valence-electron chi connectivity index (χ4n) is 2.65. The largest absolute Gasteiger partial charge is 0.467 e. The zero-order valence-electron chi connectivity index (χ0n) is 12.1. The Morgan fingerprint density at radius 1 is 1.43 bits per heavy atom. The third kappa shape index (κ3) is 4.54. The number of hydrogen-bond acceptors (Lipinski definition) is 4. The maximum absolute atomic E-state index is 12.3. The van der Waals surface area contributed by atoms with Crippen LogP contribution in [-0.4, -0.2) is 36.5 Å². The Kier molecular flexibility index (Phi) is 6.23. The van der Waals surface area contributed by atoms with Crippen LogP contribution in [0.3, 0.4) is 0 Å². The summed E-state index contributed by atoms with van der Waals surface area (Å²) in [5.74, 6) is -0.217. The highest BCUT2D eigenvalue weighted by Gasteiger charge is 2.32. The van der Waals surface area contributed by atoms with Gasteiger partial charge in [0.25, 0.3) is 0 Å².